The molecule has 4 rings (SSSR count). The van der Waals surface area contributed by atoms with Crippen LogP contribution in [0.15, 0.2) is 48.5 Å². The molecule has 2 aromatic carbocycles. The first-order chi connectivity index (χ1) is 16.0. The van der Waals surface area contributed by atoms with Crippen LogP contribution in [0.3, 0.4) is 0 Å². The molecule has 0 radical (unpaired) electrons. The fourth-order valence-electron chi connectivity index (χ4n) is 3.79. The molecule has 0 spiro atoms. The zero-order chi connectivity index (χ0) is 23.2. The second-order valence-electron chi connectivity index (χ2n) is 7.86. The van der Waals surface area contributed by atoms with Crippen molar-refractivity contribution in [1.29, 1.82) is 0 Å². The number of piperidine rings is 1. The fourth-order valence-corrected chi connectivity index (χ4v) is 4.65. The van der Waals surface area contributed by atoms with Gasteiger partial charge in [-0.05, 0) is 50.5 Å². The summed E-state index contributed by atoms with van der Waals surface area (Å²) in [5.41, 5.74) is 2.39. The van der Waals surface area contributed by atoms with Crippen molar-refractivity contribution in [2.75, 3.05) is 30.3 Å². The number of hydrogen-bond acceptors (Lipinski definition) is 6. The minimum atomic E-state index is -0.272. The first-order valence-corrected chi connectivity index (χ1v) is 11.8. The molecular formula is C24H27N5O3S. The first kappa shape index (κ1) is 22.7. The van der Waals surface area contributed by atoms with Crippen molar-refractivity contribution in [1.82, 2.24) is 15.1 Å². The number of carbonyl (C=O) groups is 2. The van der Waals surface area contributed by atoms with E-state index < -0.39 is 0 Å². The van der Waals surface area contributed by atoms with E-state index in [0.29, 0.717) is 36.1 Å². The number of anilines is 2. The maximum Gasteiger partial charge on any atom is 0.321 e. The van der Waals surface area contributed by atoms with Gasteiger partial charge in [0, 0.05) is 24.7 Å². The number of likely N-dealkylation sites (tertiary alicyclic amines) is 1. The highest BCUT2D eigenvalue weighted by atomic mass is 32.1. The third-order valence-electron chi connectivity index (χ3n) is 5.51. The van der Waals surface area contributed by atoms with E-state index >= 15 is 0 Å². The van der Waals surface area contributed by atoms with Gasteiger partial charge < -0.3 is 20.3 Å². The van der Waals surface area contributed by atoms with Crippen molar-refractivity contribution >= 4 is 34.6 Å². The summed E-state index contributed by atoms with van der Waals surface area (Å²) in [4.78, 5) is 27.3. The summed E-state index contributed by atoms with van der Waals surface area (Å²) in [6.45, 7) is 5.56. The largest absolute Gasteiger partial charge is 0.492 e. The van der Waals surface area contributed by atoms with Gasteiger partial charge in [-0.15, -0.1) is 10.2 Å². The van der Waals surface area contributed by atoms with Gasteiger partial charge in [0.25, 0.3) is 5.91 Å². The second kappa shape index (κ2) is 10.4. The van der Waals surface area contributed by atoms with Crippen LogP contribution in [0.4, 0.5) is 16.2 Å². The highest BCUT2D eigenvalue weighted by Gasteiger charge is 2.28. The number of aromatic nitrogens is 2. The number of urea groups is 1. The number of rotatable bonds is 6. The smallest absolute Gasteiger partial charge is 0.321 e. The molecular weight excluding hydrogens is 438 g/mol. The van der Waals surface area contributed by atoms with Gasteiger partial charge in [-0.2, -0.15) is 0 Å². The van der Waals surface area contributed by atoms with Gasteiger partial charge in [0.05, 0.1) is 12.3 Å². The molecule has 1 fully saturated rings. The summed E-state index contributed by atoms with van der Waals surface area (Å²) < 4.78 is 5.60. The summed E-state index contributed by atoms with van der Waals surface area (Å²) >= 11 is 1.29. The predicted octanol–water partition coefficient (Wildman–Crippen LogP) is 4.91. The molecule has 0 bridgehead atoms. The zero-order valence-corrected chi connectivity index (χ0v) is 19.5. The van der Waals surface area contributed by atoms with Crippen LogP contribution in [-0.4, -0.2) is 46.7 Å². The fraction of sp³-hybridized carbons (Fsp3) is 0.333. The number of hydrogen-bond donors (Lipinski definition) is 2. The molecule has 9 heteroatoms. The lowest BCUT2D eigenvalue weighted by atomic mass is 9.99. The van der Waals surface area contributed by atoms with Crippen LogP contribution in [-0.2, 0) is 0 Å². The molecule has 0 saturated carbocycles. The van der Waals surface area contributed by atoms with Crippen molar-refractivity contribution in [3.63, 3.8) is 0 Å². The van der Waals surface area contributed by atoms with Crippen molar-refractivity contribution < 1.29 is 14.3 Å². The monoisotopic (exact) mass is 465 g/mol. The number of benzene rings is 2. The minimum absolute atomic E-state index is 0.0455. The number of nitrogens with zero attached hydrogens (tertiary/aromatic N) is 3. The van der Waals surface area contributed by atoms with Crippen molar-refractivity contribution in [2.45, 2.75) is 32.6 Å². The molecule has 2 heterocycles. The van der Waals surface area contributed by atoms with Crippen LogP contribution >= 0.6 is 11.3 Å². The molecule has 1 aromatic heterocycles. The molecule has 3 aromatic rings. The number of carbonyl (C=O) groups excluding carboxylic acids is 2. The quantitative estimate of drug-likeness (QED) is 0.539. The van der Waals surface area contributed by atoms with Gasteiger partial charge in [-0.25, -0.2) is 4.79 Å². The number of para-hydroxylation sites is 3. The molecule has 3 amide bonds. The van der Waals surface area contributed by atoms with Crippen LogP contribution in [0.25, 0.3) is 0 Å². The van der Waals surface area contributed by atoms with E-state index in [1.54, 1.807) is 4.90 Å². The van der Waals surface area contributed by atoms with Gasteiger partial charge in [0.2, 0.25) is 5.01 Å². The third-order valence-corrected chi connectivity index (χ3v) is 6.60. The number of amides is 3. The number of ether oxygens (including phenoxy) is 1. The molecule has 1 aliphatic rings. The van der Waals surface area contributed by atoms with Crippen LogP contribution in [0, 0.1) is 6.92 Å². The average Bonchev–Trinajstić information content (AvgIpc) is 3.33. The summed E-state index contributed by atoms with van der Waals surface area (Å²) in [5.74, 6) is 0.422. The highest BCUT2D eigenvalue weighted by Crippen LogP contribution is 2.31. The lowest BCUT2D eigenvalue weighted by Crippen LogP contribution is -2.41. The average molecular weight is 466 g/mol. The molecule has 8 nitrogen and oxygen atoms in total. The Bertz CT molecular complexity index is 1130. The molecule has 172 valence electrons. The Balaban J connectivity index is 1.40. The van der Waals surface area contributed by atoms with Gasteiger partial charge in [-0.1, -0.05) is 41.7 Å². The SMILES string of the molecule is CCOc1ccccc1NC(=O)N1CCC[C@@H](c2nnc(C(=O)Nc3ccccc3C)s2)C1. The van der Waals surface area contributed by atoms with Crippen molar-refractivity contribution in [3.8, 4) is 5.75 Å². The molecule has 1 aliphatic heterocycles. The van der Waals surface area contributed by atoms with Gasteiger partial charge in [0.1, 0.15) is 10.8 Å². The Hall–Kier alpha value is -3.46. The van der Waals surface area contributed by atoms with Crippen LogP contribution in [0.5, 0.6) is 5.75 Å². The van der Waals surface area contributed by atoms with E-state index in [1.807, 2.05) is 62.4 Å². The Morgan fingerprint density at radius 1 is 1.09 bits per heavy atom. The second-order valence-corrected chi connectivity index (χ2v) is 8.87. The number of nitrogens with one attached hydrogen (secondary N) is 2. The third kappa shape index (κ3) is 5.48. The normalized spacial score (nSPS) is 15.7. The first-order valence-electron chi connectivity index (χ1n) is 11.0. The van der Waals surface area contributed by atoms with Crippen LogP contribution in [0.1, 0.15) is 46.1 Å². The predicted molar refractivity (Wildman–Crippen MR) is 129 cm³/mol. The van der Waals surface area contributed by atoms with Crippen molar-refractivity contribution in [3.05, 3.63) is 64.1 Å². The molecule has 1 atom stereocenters. The van der Waals surface area contributed by atoms with E-state index in [1.165, 1.54) is 11.3 Å². The van der Waals surface area contributed by atoms with E-state index in [0.717, 1.165) is 29.1 Å². The van der Waals surface area contributed by atoms with E-state index in [9.17, 15) is 9.59 Å². The highest BCUT2D eigenvalue weighted by molar-refractivity contribution is 7.13. The summed E-state index contributed by atoms with van der Waals surface area (Å²) in [6, 6.07) is 14.8. The standard InChI is InChI=1S/C24H27N5O3S/c1-3-32-20-13-7-6-12-19(20)26-24(31)29-14-8-10-17(15-29)22-27-28-23(33-22)21(30)25-18-11-5-4-9-16(18)2/h4-7,9,11-13,17H,3,8,10,14-15H2,1-2H3,(H,25,30)(H,26,31)/t17-/m1/s1. The Morgan fingerprint density at radius 2 is 1.85 bits per heavy atom. The van der Waals surface area contributed by atoms with Crippen LogP contribution < -0.4 is 15.4 Å². The Kier molecular flexibility index (Phi) is 7.19. The zero-order valence-electron chi connectivity index (χ0n) is 18.7. The minimum Gasteiger partial charge on any atom is -0.492 e. The Morgan fingerprint density at radius 3 is 2.64 bits per heavy atom. The summed E-state index contributed by atoms with van der Waals surface area (Å²) in [5, 5.41) is 15.3. The van der Waals surface area contributed by atoms with E-state index in [-0.39, 0.29) is 17.9 Å². The molecule has 0 aliphatic carbocycles. The van der Waals surface area contributed by atoms with E-state index in [4.69, 9.17) is 4.74 Å². The summed E-state index contributed by atoms with van der Waals surface area (Å²) in [6.07, 6.45) is 1.75. The molecule has 1 saturated heterocycles. The molecule has 0 unspecified atom stereocenters. The van der Waals surface area contributed by atoms with Gasteiger partial charge in [0.15, 0.2) is 0 Å². The van der Waals surface area contributed by atoms with Crippen LogP contribution in [0.2, 0.25) is 0 Å². The molecule has 33 heavy (non-hydrogen) atoms. The maximum atomic E-state index is 12.9. The molecule has 2 N–H and O–H groups in total. The maximum absolute atomic E-state index is 12.9. The lowest BCUT2D eigenvalue weighted by molar-refractivity contribution is 0.102. The van der Waals surface area contributed by atoms with E-state index in [2.05, 4.69) is 20.8 Å². The summed E-state index contributed by atoms with van der Waals surface area (Å²) in [7, 11) is 0. The van der Waals surface area contributed by atoms with Crippen molar-refractivity contribution in [2.24, 2.45) is 0 Å². The Labute approximate surface area is 197 Å². The topological polar surface area (TPSA) is 96.4 Å². The van der Waals surface area contributed by atoms with Gasteiger partial charge in [-0.3, -0.25) is 4.79 Å². The number of aryl methyl sites for hydroxylation is 1. The van der Waals surface area contributed by atoms with Gasteiger partial charge >= 0.3 is 6.03 Å². The lowest BCUT2D eigenvalue weighted by Gasteiger charge is -2.31.